The highest BCUT2D eigenvalue weighted by Crippen LogP contribution is 2.14. The third-order valence-electron chi connectivity index (χ3n) is 4.44. The molecule has 176 valence electrons. The van der Waals surface area contributed by atoms with Crippen LogP contribution < -0.4 is 20.3 Å². The average molecular weight is 484 g/mol. The fourth-order valence-electron chi connectivity index (χ4n) is 2.68. The number of anilines is 1. The van der Waals surface area contributed by atoms with E-state index in [9.17, 15) is 22.4 Å². The van der Waals surface area contributed by atoms with Gasteiger partial charge in [-0.15, -0.1) is 0 Å². The molecule has 0 bridgehead atoms. The fourth-order valence-corrected chi connectivity index (χ4v) is 3.55. The minimum absolute atomic E-state index is 0.190. The topological polar surface area (TPSA) is 114 Å². The first kappa shape index (κ1) is 24.5. The summed E-state index contributed by atoms with van der Waals surface area (Å²) in [4.78, 5) is 24.4. The Morgan fingerprint density at radius 2 is 1.56 bits per heavy atom. The van der Waals surface area contributed by atoms with Gasteiger partial charge in [-0.25, -0.2) is 12.8 Å². The number of ether oxygens (including phenoxy) is 1. The van der Waals surface area contributed by atoms with E-state index in [0.717, 1.165) is 11.0 Å². The van der Waals surface area contributed by atoms with Gasteiger partial charge in [0.1, 0.15) is 11.6 Å². The van der Waals surface area contributed by atoms with Crippen LogP contribution in [-0.4, -0.2) is 26.3 Å². The summed E-state index contributed by atoms with van der Waals surface area (Å²) < 4.78 is 45.2. The Balaban J connectivity index is 1.50. The second-order valence-electron chi connectivity index (χ2n) is 7.10. The van der Waals surface area contributed by atoms with E-state index in [0.29, 0.717) is 5.75 Å². The van der Waals surface area contributed by atoms with Gasteiger partial charge in [-0.1, -0.05) is 30.3 Å². The molecule has 3 aromatic carbocycles. The molecule has 0 saturated carbocycles. The molecule has 0 spiro atoms. The molecule has 34 heavy (non-hydrogen) atoms. The molecule has 10 heteroatoms. The molecule has 0 radical (unpaired) electrons. The minimum Gasteiger partial charge on any atom is -0.481 e. The maximum Gasteiger partial charge on any atom is 0.279 e. The molecule has 2 amide bonds. The zero-order chi connectivity index (χ0) is 24.6. The predicted octanol–water partition coefficient (Wildman–Crippen LogP) is 3.47. The zero-order valence-corrected chi connectivity index (χ0v) is 18.9. The van der Waals surface area contributed by atoms with Gasteiger partial charge in [-0.3, -0.25) is 25.2 Å². The van der Waals surface area contributed by atoms with Crippen LogP contribution >= 0.6 is 0 Å². The van der Waals surface area contributed by atoms with E-state index in [4.69, 9.17) is 4.74 Å². The van der Waals surface area contributed by atoms with Crippen molar-refractivity contribution in [2.24, 2.45) is 0 Å². The highest BCUT2D eigenvalue weighted by molar-refractivity contribution is 7.95. The first-order valence-corrected chi connectivity index (χ1v) is 11.6. The monoisotopic (exact) mass is 483 g/mol. The van der Waals surface area contributed by atoms with E-state index in [2.05, 4.69) is 15.6 Å². The Kier molecular flexibility index (Phi) is 7.99. The Bertz CT molecular complexity index is 1260. The first-order chi connectivity index (χ1) is 16.2. The lowest BCUT2D eigenvalue weighted by molar-refractivity contribution is -0.128. The number of hydrogen-bond acceptors (Lipinski definition) is 5. The Labute approximate surface area is 196 Å². The molecule has 3 rings (SSSR count). The molecule has 0 aromatic heterocycles. The fraction of sp³-hybridized carbons (Fsp3) is 0.0833. The molecule has 8 nitrogen and oxygen atoms in total. The van der Waals surface area contributed by atoms with Gasteiger partial charge in [0.25, 0.3) is 21.8 Å². The predicted molar refractivity (Wildman–Crippen MR) is 127 cm³/mol. The zero-order valence-electron chi connectivity index (χ0n) is 18.1. The SMILES string of the molecule is CC(Oc1ccc(F)cc1)C(=O)NNC(=O)c1ccc(NS(=O)(=O)/C=C/c2ccccc2)cc1. The summed E-state index contributed by atoms with van der Waals surface area (Å²) in [6.07, 6.45) is 0.514. The van der Waals surface area contributed by atoms with Gasteiger partial charge < -0.3 is 4.74 Å². The number of sulfonamides is 1. The summed E-state index contributed by atoms with van der Waals surface area (Å²) in [5, 5.41) is 1.05. The summed E-state index contributed by atoms with van der Waals surface area (Å²) >= 11 is 0. The largest absolute Gasteiger partial charge is 0.481 e. The van der Waals surface area contributed by atoms with E-state index in [1.165, 1.54) is 61.5 Å². The van der Waals surface area contributed by atoms with Crippen molar-refractivity contribution in [3.8, 4) is 5.75 Å². The number of rotatable bonds is 8. The van der Waals surface area contributed by atoms with Crippen LogP contribution in [0.3, 0.4) is 0 Å². The second-order valence-corrected chi connectivity index (χ2v) is 8.66. The van der Waals surface area contributed by atoms with Crippen LogP contribution in [0.5, 0.6) is 5.75 Å². The number of hydrazine groups is 1. The maximum absolute atomic E-state index is 12.9. The Morgan fingerprint density at radius 1 is 0.912 bits per heavy atom. The molecule has 3 N–H and O–H groups in total. The van der Waals surface area contributed by atoms with E-state index < -0.39 is 33.8 Å². The summed E-state index contributed by atoms with van der Waals surface area (Å²) in [7, 11) is -3.75. The number of carbonyl (C=O) groups is 2. The molecular formula is C24H22FN3O5S. The molecule has 1 atom stereocenters. The van der Waals surface area contributed by atoms with Crippen molar-refractivity contribution in [3.63, 3.8) is 0 Å². The lowest BCUT2D eigenvalue weighted by Crippen LogP contribution is -2.47. The van der Waals surface area contributed by atoms with Crippen LogP contribution in [0.25, 0.3) is 6.08 Å². The number of halogens is 1. The van der Waals surface area contributed by atoms with Crippen LogP contribution in [-0.2, 0) is 14.8 Å². The van der Waals surface area contributed by atoms with Crippen molar-refractivity contribution < 1.29 is 27.1 Å². The molecule has 0 saturated heterocycles. The molecule has 0 aliphatic rings. The normalized spacial score (nSPS) is 12.1. The molecular weight excluding hydrogens is 461 g/mol. The van der Waals surface area contributed by atoms with Gasteiger partial charge in [0, 0.05) is 11.3 Å². The average Bonchev–Trinajstić information content (AvgIpc) is 2.83. The number of carbonyl (C=O) groups excluding carboxylic acids is 2. The van der Waals surface area contributed by atoms with Crippen molar-refractivity contribution in [2.75, 3.05) is 4.72 Å². The summed E-state index contributed by atoms with van der Waals surface area (Å²) in [5.41, 5.74) is 5.68. The van der Waals surface area contributed by atoms with Crippen molar-refractivity contribution >= 4 is 33.6 Å². The van der Waals surface area contributed by atoms with Crippen molar-refractivity contribution in [2.45, 2.75) is 13.0 Å². The maximum atomic E-state index is 12.9. The minimum atomic E-state index is -3.75. The molecule has 1 unspecified atom stereocenters. The van der Waals surface area contributed by atoms with Gasteiger partial charge >= 0.3 is 0 Å². The third-order valence-corrected chi connectivity index (χ3v) is 5.46. The summed E-state index contributed by atoms with van der Waals surface area (Å²) in [6.45, 7) is 1.47. The lowest BCUT2D eigenvalue weighted by Gasteiger charge is -2.15. The summed E-state index contributed by atoms with van der Waals surface area (Å²) in [6, 6.07) is 19.8. The van der Waals surface area contributed by atoms with Gasteiger partial charge in [-0.2, -0.15) is 0 Å². The van der Waals surface area contributed by atoms with Crippen LogP contribution in [0, 0.1) is 5.82 Å². The third kappa shape index (κ3) is 7.45. The number of amides is 2. The van der Waals surface area contributed by atoms with Crippen molar-refractivity contribution in [3.05, 3.63) is 101 Å². The molecule has 0 fully saturated rings. The van der Waals surface area contributed by atoms with Crippen molar-refractivity contribution in [1.82, 2.24) is 10.9 Å². The van der Waals surface area contributed by atoms with Crippen LogP contribution in [0.1, 0.15) is 22.8 Å². The van der Waals surface area contributed by atoms with Gasteiger partial charge in [0.15, 0.2) is 6.10 Å². The van der Waals surface area contributed by atoms with Crippen LogP contribution in [0.15, 0.2) is 84.3 Å². The number of benzene rings is 3. The van der Waals surface area contributed by atoms with E-state index in [1.54, 1.807) is 24.3 Å². The van der Waals surface area contributed by atoms with Gasteiger partial charge in [0.2, 0.25) is 0 Å². The number of nitrogens with one attached hydrogen (secondary N) is 3. The van der Waals surface area contributed by atoms with Crippen LogP contribution in [0.2, 0.25) is 0 Å². The Hall–Kier alpha value is -4.18. The molecule has 0 heterocycles. The quantitative estimate of drug-likeness (QED) is 0.425. The molecule has 0 aliphatic carbocycles. The van der Waals surface area contributed by atoms with E-state index in [1.807, 2.05) is 6.07 Å². The lowest BCUT2D eigenvalue weighted by atomic mass is 10.2. The van der Waals surface area contributed by atoms with Gasteiger partial charge in [0.05, 0.1) is 5.41 Å². The van der Waals surface area contributed by atoms with Crippen LogP contribution in [0.4, 0.5) is 10.1 Å². The smallest absolute Gasteiger partial charge is 0.279 e. The van der Waals surface area contributed by atoms with Crippen molar-refractivity contribution in [1.29, 1.82) is 0 Å². The highest BCUT2D eigenvalue weighted by Gasteiger charge is 2.16. The first-order valence-electron chi connectivity index (χ1n) is 10.1. The molecule has 3 aromatic rings. The highest BCUT2D eigenvalue weighted by atomic mass is 32.2. The van der Waals surface area contributed by atoms with E-state index >= 15 is 0 Å². The molecule has 0 aliphatic heterocycles. The van der Waals surface area contributed by atoms with E-state index in [-0.39, 0.29) is 11.3 Å². The number of hydrogen-bond donors (Lipinski definition) is 3. The summed E-state index contributed by atoms with van der Waals surface area (Å²) in [5.74, 6) is -1.36. The Morgan fingerprint density at radius 3 is 2.21 bits per heavy atom. The standard InChI is InChI=1S/C24H22FN3O5S/c1-17(33-22-13-9-20(25)10-14-22)23(29)26-27-24(30)19-7-11-21(12-8-19)28-34(31,32)16-15-18-5-3-2-4-6-18/h2-17,28H,1H3,(H,26,29)(H,27,30)/b16-15+. The van der Waals surface area contributed by atoms with Gasteiger partial charge in [-0.05, 0) is 67.1 Å². The second kappa shape index (κ2) is 11.1.